The van der Waals surface area contributed by atoms with E-state index >= 15 is 0 Å². The Labute approximate surface area is 67.4 Å². The Morgan fingerprint density at radius 2 is 2.27 bits per heavy atom. The van der Waals surface area contributed by atoms with Crippen molar-refractivity contribution in [3.05, 3.63) is 0 Å². The summed E-state index contributed by atoms with van der Waals surface area (Å²) >= 11 is 0. The molecule has 2 heteroatoms. The van der Waals surface area contributed by atoms with Gasteiger partial charge in [-0.25, -0.2) is 0 Å². The normalized spacial score (nSPS) is 47.5. The fourth-order valence-electron chi connectivity index (χ4n) is 2.57. The average molecular weight is 153 g/mol. The highest BCUT2D eigenvalue weighted by Gasteiger charge is 2.64. The Morgan fingerprint density at radius 3 is 2.55 bits per heavy atom. The molecule has 3 atom stereocenters. The van der Waals surface area contributed by atoms with Crippen LogP contribution in [0, 0.1) is 17.3 Å². The molecule has 3 unspecified atom stereocenters. The number of rotatable bonds is 1. The van der Waals surface area contributed by atoms with Crippen molar-refractivity contribution in [2.45, 2.75) is 33.2 Å². The molecule has 2 rings (SSSR count). The molecule has 1 aliphatic heterocycles. The highest BCUT2D eigenvalue weighted by Crippen LogP contribution is 2.58. The molecular weight excluding hydrogens is 138 g/mol. The molecule has 0 aromatic heterocycles. The Hall–Kier alpha value is -0.530. The maximum absolute atomic E-state index is 11.4. The summed E-state index contributed by atoms with van der Waals surface area (Å²) in [7, 11) is 0. The first-order chi connectivity index (χ1) is 5.05. The van der Waals surface area contributed by atoms with Gasteiger partial charge in [0.15, 0.2) is 0 Å². The summed E-state index contributed by atoms with van der Waals surface area (Å²) in [6.45, 7) is 6.49. The molecule has 0 bridgehead atoms. The van der Waals surface area contributed by atoms with Gasteiger partial charge in [0, 0.05) is 17.4 Å². The monoisotopic (exact) mass is 153 g/mol. The number of carbonyl (C=O) groups excluding carboxylic acids is 1. The quantitative estimate of drug-likeness (QED) is 0.602. The van der Waals surface area contributed by atoms with E-state index in [1.54, 1.807) is 0 Å². The zero-order valence-corrected chi connectivity index (χ0v) is 7.35. The first-order valence-electron chi connectivity index (χ1n) is 4.36. The predicted octanol–water partition coefficient (Wildman–Crippen LogP) is 1.17. The topological polar surface area (TPSA) is 29.1 Å². The number of nitrogens with one attached hydrogen (secondary N) is 1. The van der Waals surface area contributed by atoms with Crippen molar-refractivity contribution in [1.82, 2.24) is 5.32 Å². The standard InChI is InChI=1S/C9H15NO/c1-5(2)7-8(11)10-6-4-9(6,7)3/h5-7H,4H2,1-3H3,(H,10,11). The summed E-state index contributed by atoms with van der Waals surface area (Å²) in [4.78, 5) is 11.4. The van der Waals surface area contributed by atoms with Gasteiger partial charge in [-0.05, 0) is 12.3 Å². The van der Waals surface area contributed by atoms with Crippen molar-refractivity contribution in [3.63, 3.8) is 0 Å². The molecule has 2 aliphatic rings. The van der Waals surface area contributed by atoms with Gasteiger partial charge in [0.2, 0.25) is 5.91 Å². The molecule has 0 aromatic rings. The van der Waals surface area contributed by atoms with Gasteiger partial charge in [-0.2, -0.15) is 0 Å². The first kappa shape index (κ1) is 7.14. The van der Waals surface area contributed by atoms with Crippen LogP contribution in [-0.2, 0) is 4.79 Å². The molecule has 1 saturated heterocycles. The van der Waals surface area contributed by atoms with E-state index in [0.717, 1.165) is 0 Å². The third kappa shape index (κ3) is 0.754. The first-order valence-corrected chi connectivity index (χ1v) is 4.36. The second kappa shape index (κ2) is 1.79. The van der Waals surface area contributed by atoms with Gasteiger partial charge in [-0.15, -0.1) is 0 Å². The van der Waals surface area contributed by atoms with Crippen molar-refractivity contribution in [2.75, 3.05) is 0 Å². The van der Waals surface area contributed by atoms with Crippen molar-refractivity contribution in [3.8, 4) is 0 Å². The van der Waals surface area contributed by atoms with Gasteiger partial charge in [-0.3, -0.25) is 4.79 Å². The van der Waals surface area contributed by atoms with Gasteiger partial charge < -0.3 is 5.32 Å². The van der Waals surface area contributed by atoms with E-state index in [-0.39, 0.29) is 11.8 Å². The molecule has 0 aromatic carbocycles. The third-order valence-corrected chi connectivity index (χ3v) is 3.26. The second-order valence-electron chi connectivity index (χ2n) is 4.49. The number of hydrogen-bond acceptors (Lipinski definition) is 1. The van der Waals surface area contributed by atoms with Crippen LogP contribution in [0.3, 0.4) is 0 Å². The summed E-state index contributed by atoms with van der Waals surface area (Å²) in [6.07, 6.45) is 1.20. The minimum atomic E-state index is 0.271. The van der Waals surface area contributed by atoms with Gasteiger partial charge in [0.25, 0.3) is 0 Å². The maximum atomic E-state index is 11.4. The van der Waals surface area contributed by atoms with Gasteiger partial charge >= 0.3 is 0 Å². The van der Waals surface area contributed by atoms with Crippen LogP contribution in [0.2, 0.25) is 0 Å². The Bertz CT molecular complexity index is 212. The van der Waals surface area contributed by atoms with Crippen LogP contribution in [0.1, 0.15) is 27.2 Å². The van der Waals surface area contributed by atoms with Crippen LogP contribution in [-0.4, -0.2) is 11.9 Å². The summed E-state index contributed by atoms with van der Waals surface area (Å²) in [6, 6.07) is 0.502. The van der Waals surface area contributed by atoms with E-state index in [4.69, 9.17) is 0 Å². The van der Waals surface area contributed by atoms with Crippen LogP contribution in [0.4, 0.5) is 0 Å². The zero-order chi connectivity index (χ0) is 8.22. The lowest BCUT2D eigenvalue weighted by Crippen LogP contribution is -2.29. The zero-order valence-electron chi connectivity index (χ0n) is 7.35. The predicted molar refractivity (Wildman–Crippen MR) is 43.0 cm³/mol. The largest absolute Gasteiger partial charge is 0.353 e. The molecular formula is C9H15NO. The van der Waals surface area contributed by atoms with Crippen LogP contribution in [0.5, 0.6) is 0 Å². The minimum absolute atomic E-state index is 0.271. The molecule has 2 nitrogen and oxygen atoms in total. The number of amides is 1. The van der Waals surface area contributed by atoms with Crippen molar-refractivity contribution < 1.29 is 4.79 Å². The highest BCUT2D eigenvalue weighted by molar-refractivity contribution is 5.84. The van der Waals surface area contributed by atoms with Crippen LogP contribution >= 0.6 is 0 Å². The van der Waals surface area contributed by atoms with E-state index < -0.39 is 0 Å². The lowest BCUT2D eigenvalue weighted by molar-refractivity contribution is -0.125. The van der Waals surface area contributed by atoms with Crippen LogP contribution < -0.4 is 5.32 Å². The lowest BCUT2D eigenvalue weighted by atomic mass is 9.83. The summed E-state index contributed by atoms with van der Waals surface area (Å²) in [5.41, 5.74) is 0.311. The van der Waals surface area contributed by atoms with Crippen molar-refractivity contribution >= 4 is 5.91 Å². The average Bonchev–Trinajstić information content (AvgIpc) is 2.33. The molecule has 0 radical (unpaired) electrons. The molecule has 0 spiro atoms. The SMILES string of the molecule is CC(C)C1C(=O)NC2CC21C. The molecule has 11 heavy (non-hydrogen) atoms. The molecule has 2 fully saturated rings. The van der Waals surface area contributed by atoms with Gasteiger partial charge in [-0.1, -0.05) is 20.8 Å². The van der Waals surface area contributed by atoms with E-state index in [1.807, 2.05) is 0 Å². The second-order valence-corrected chi connectivity index (χ2v) is 4.49. The molecule has 1 amide bonds. The summed E-state index contributed by atoms with van der Waals surface area (Å²) < 4.78 is 0. The number of hydrogen-bond donors (Lipinski definition) is 1. The van der Waals surface area contributed by atoms with E-state index in [9.17, 15) is 4.79 Å². The van der Waals surface area contributed by atoms with E-state index in [1.165, 1.54) is 6.42 Å². The smallest absolute Gasteiger partial charge is 0.224 e. The Morgan fingerprint density at radius 1 is 1.64 bits per heavy atom. The third-order valence-electron chi connectivity index (χ3n) is 3.26. The van der Waals surface area contributed by atoms with Crippen LogP contribution in [0.15, 0.2) is 0 Å². The minimum Gasteiger partial charge on any atom is -0.353 e. The van der Waals surface area contributed by atoms with Crippen molar-refractivity contribution in [1.29, 1.82) is 0 Å². The summed E-state index contributed by atoms with van der Waals surface area (Å²) in [5, 5.41) is 3.02. The molecule has 1 saturated carbocycles. The Balaban J connectivity index is 2.23. The fraction of sp³-hybridized carbons (Fsp3) is 0.889. The van der Waals surface area contributed by atoms with Crippen LogP contribution in [0.25, 0.3) is 0 Å². The molecule has 1 N–H and O–H groups in total. The number of piperidine rings is 1. The molecule has 1 aliphatic carbocycles. The highest BCUT2D eigenvalue weighted by atomic mass is 16.2. The number of fused-ring (bicyclic) bond motifs is 1. The molecule has 62 valence electrons. The van der Waals surface area contributed by atoms with Crippen molar-refractivity contribution in [2.24, 2.45) is 17.3 Å². The fourth-order valence-corrected chi connectivity index (χ4v) is 2.57. The maximum Gasteiger partial charge on any atom is 0.224 e. The van der Waals surface area contributed by atoms with Gasteiger partial charge in [0.05, 0.1) is 0 Å². The van der Waals surface area contributed by atoms with E-state index in [2.05, 4.69) is 26.1 Å². The van der Waals surface area contributed by atoms with Gasteiger partial charge in [0.1, 0.15) is 0 Å². The molecule has 1 heterocycles. The number of carbonyl (C=O) groups is 1. The van der Waals surface area contributed by atoms with E-state index in [0.29, 0.717) is 17.4 Å². The lowest BCUT2D eigenvalue weighted by Gasteiger charge is -2.19. The summed E-state index contributed by atoms with van der Waals surface area (Å²) in [5.74, 6) is 1.04. The Kier molecular flexibility index (Phi) is 1.16.